The van der Waals surface area contributed by atoms with E-state index in [1.807, 2.05) is 0 Å². The summed E-state index contributed by atoms with van der Waals surface area (Å²) < 4.78 is 29.1. The SMILES string of the molecule is CCS(=O)(=O)CCN(C[C@H]1CCCO1)C1CCCC1. The molecule has 0 aromatic carbocycles. The molecule has 2 fully saturated rings. The zero-order valence-corrected chi connectivity index (χ0v) is 12.8. The monoisotopic (exact) mass is 289 g/mol. The molecule has 0 amide bonds. The van der Waals surface area contributed by atoms with Gasteiger partial charge in [-0.3, -0.25) is 4.90 Å². The van der Waals surface area contributed by atoms with Crippen LogP contribution in [0.15, 0.2) is 0 Å². The van der Waals surface area contributed by atoms with E-state index >= 15 is 0 Å². The summed E-state index contributed by atoms with van der Waals surface area (Å²) in [5.74, 6) is 0.554. The smallest absolute Gasteiger partial charge is 0.151 e. The second-order valence-corrected chi connectivity index (χ2v) is 8.28. The molecule has 0 bridgehead atoms. The summed E-state index contributed by atoms with van der Waals surface area (Å²) in [6, 6.07) is 0.580. The molecule has 1 atom stereocenters. The molecule has 1 aliphatic carbocycles. The highest BCUT2D eigenvalue weighted by Gasteiger charge is 2.27. The quantitative estimate of drug-likeness (QED) is 0.717. The Kier molecular flexibility index (Phi) is 5.66. The molecular formula is C14H27NO3S. The van der Waals surface area contributed by atoms with E-state index in [2.05, 4.69) is 4.90 Å². The van der Waals surface area contributed by atoms with Crippen LogP contribution in [0.2, 0.25) is 0 Å². The lowest BCUT2D eigenvalue weighted by Gasteiger charge is -2.30. The van der Waals surface area contributed by atoms with Crippen molar-refractivity contribution < 1.29 is 13.2 Å². The van der Waals surface area contributed by atoms with Gasteiger partial charge in [-0.1, -0.05) is 19.8 Å². The minimum absolute atomic E-state index is 0.255. The number of nitrogens with zero attached hydrogens (tertiary/aromatic N) is 1. The third-order valence-electron chi connectivity index (χ3n) is 4.43. The van der Waals surface area contributed by atoms with Gasteiger partial charge >= 0.3 is 0 Å². The van der Waals surface area contributed by atoms with Crippen LogP contribution in [-0.4, -0.2) is 56.7 Å². The summed E-state index contributed by atoms with van der Waals surface area (Å²) in [6.07, 6.45) is 7.61. The van der Waals surface area contributed by atoms with E-state index in [1.165, 1.54) is 25.7 Å². The van der Waals surface area contributed by atoms with E-state index in [0.717, 1.165) is 26.0 Å². The van der Waals surface area contributed by atoms with Gasteiger partial charge in [0.2, 0.25) is 0 Å². The average Bonchev–Trinajstić information content (AvgIpc) is 3.07. The highest BCUT2D eigenvalue weighted by Crippen LogP contribution is 2.25. The molecule has 5 heteroatoms. The van der Waals surface area contributed by atoms with Crippen molar-refractivity contribution in [2.45, 2.75) is 57.6 Å². The van der Waals surface area contributed by atoms with E-state index in [-0.39, 0.29) is 5.75 Å². The van der Waals surface area contributed by atoms with Crippen molar-refractivity contribution >= 4 is 9.84 Å². The number of sulfone groups is 1. The van der Waals surface area contributed by atoms with Crippen LogP contribution in [0.1, 0.15) is 45.4 Å². The maximum atomic E-state index is 11.7. The maximum absolute atomic E-state index is 11.7. The lowest BCUT2D eigenvalue weighted by atomic mass is 10.1. The third-order valence-corrected chi connectivity index (χ3v) is 6.12. The Labute approximate surface area is 117 Å². The van der Waals surface area contributed by atoms with Crippen molar-refractivity contribution in [3.63, 3.8) is 0 Å². The summed E-state index contributed by atoms with van der Waals surface area (Å²) in [4.78, 5) is 2.39. The number of rotatable bonds is 7. The Morgan fingerprint density at radius 1 is 1.16 bits per heavy atom. The largest absolute Gasteiger partial charge is 0.377 e. The summed E-state index contributed by atoms with van der Waals surface area (Å²) in [5, 5.41) is 0. The normalized spacial score (nSPS) is 25.5. The highest BCUT2D eigenvalue weighted by atomic mass is 32.2. The average molecular weight is 289 g/mol. The Bertz CT molecular complexity index is 357. The van der Waals surface area contributed by atoms with Crippen molar-refractivity contribution in [1.29, 1.82) is 0 Å². The van der Waals surface area contributed by atoms with Crippen molar-refractivity contribution in [2.24, 2.45) is 0 Å². The summed E-state index contributed by atoms with van der Waals surface area (Å²) in [7, 11) is -2.86. The van der Waals surface area contributed by atoms with Crippen LogP contribution in [0.3, 0.4) is 0 Å². The van der Waals surface area contributed by atoms with Crippen LogP contribution in [0, 0.1) is 0 Å². The van der Waals surface area contributed by atoms with Gasteiger partial charge in [0, 0.05) is 31.5 Å². The lowest BCUT2D eigenvalue weighted by molar-refractivity contribution is 0.0603. The molecule has 0 aromatic heterocycles. The van der Waals surface area contributed by atoms with Crippen LogP contribution in [0.25, 0.3) is 0 Å². The maximum Gasteiger partial charge on any atom is 0.151 e. The molecule has 2 aliphatic rings. The van der Waals surface area contributed by atoms with E-state index in [4.69, 9.17) is 4.74 Å². The third kappa shape index (κ3) is 4.72. The first kappa shape index (κ1) is 15.3. The molecule has 0 N–H and O–H groups in total. The predicted octanol–water partition coefficient (Wildman–Crippen LogP) is 1.84. The Balaban J connectivity index is 1.89. The van der Waals surface area contributed by atoms with Gasteiger partial charge in [0.05, 0.1) is 11.9 Å². The summed E-state index contributed by atoms with van der Waals surface area (Å²) in [6.45, 7) is 4.20. The van der Waals surface area contributed by atoms with Gasteiger partial charge in [0.15, 0.2) is 9.84 Å². The first-order valence-corrected chi connectivity index (χ1v) is 9.49. The van der Waals surface area contributed by atoms with Gasteiger partial charge in [-0.2, -0.15) is 0 Å². The minimum Gasteiger partial charge on any atom is -0.377 e. The Morgan fingerprint density at radius 3 is 2.47 bits per heavy atom. The number of hydrogen-bond acceptors (Lipinski definition) is 4. The first-order valence-electron chi connectivity index (χ1n) is 7.67. The fourth-order valence-electron chi connectivity index (χ4n) is 3.14. The first-order chi connectivity index (χ1) is 9.11. The zero-order chi connectivity index (χ0) is 13.7. The van der Waals surface area contributed by atoms with Gasteiger partial charge in [0.25, 0.3) is 0 Å². The summed E-state index contributed by atoms with van der Waals surface area (Å²) >= 11 is 0. The Hall–Kier alpha value is -0.130. The fraction of sp³-hybridized carbons (Fsp3) is 1.00. The summed E-state index contributed by atoms with van der Waals surface area (Å²) in [5.41, 5.74) is 0. The highest BCUT2D eigenvalue weighted by molar-refractivity contribution is 7.91. The van der Waals surface area contributed by atoms with Crippen molar-refractivity contribution in [1.82, 2.24) is 4.90 Å². The van der Waals surface area contributed by atoms with E-state index in [0.29, 0.717) is 24.4 Å². The van der Waals surface area contributed by atoms with E-state index in [1.54, 1.807) is 6.92 Å². The second-order valence-electron chi connectivity index (χ2n) is 5.80. The van der Waals surface area contributed by atoms with Crippen LogP contribution in [0.5, 0.6) is 0 Å². The van der Waals surface area contributed by atoms with E-state index < -0.39 is 9.84 Å². The van der Waals surface area contributed by atoms with Gasteiger partial charge in [-0.15, -0.1) is 0 Å². The van der Waals surface area contributed by atoms with Crippen LogP contribution in [-0.2, 0) is 14.6 Å². The molecule has 1 saturated carbocycles. The Morgan fingerprint density at radius 2 is 1.89 bits per heavy atom. The molecule has 19 heavy (non-hydrogen) atoms. The standard InChI is InChI=1S/C14H27NO3S/c1-2-19(16,17)11-9-15(13-6-3-4-7-13)12-14-8-5-10-18-14/h13-14H,2-12H2,1H3/t14-/m1/s1. The number of hydrogen-bond donors (Lipinski definition) is 0. The molecule has 0 aromatic rings. The van der Waals surface area contributed by atoms with Gasteiger partial charge < -0.3 is 4.74 Å². The van der Waals surface area contributed by atoms with Crippen LogP contribution < -0.4 is 0 Å². The number of ether oxygens (including phenoxy) is 1. The molecule has 4 nitrogen and oxygen atoms in total. The molecule has 0 radical (unpaired) electrons. The molecule has 0 spiro atoms. The predicted molar refractivity (Wildman–Crippen MR) is 77.1 cm³/mol. The van der Waals surface area contributed by atoms with Gasteiger partial charge in [-0.25, -0.2) is 8.42 Å². The fourth-order valence-corrected chi connectivity index (χ4v) is 3.94. The lowest BCUT2D eigenvalue weighted by Crippen LogP contribution is -2.41. The molecule has 1 aliphatic heterocycles. The van der Waals surface area contributed by atoms with Gasteiger partial charge in [-0.05, 0) is 25.7 Å². The topological polar surface area (TPSA) is 46.6 Å². The van der Waals surface area contributed by atoms with Crippen molar-refractivity contribution in [2.75, 3.05) is 31.2 Å². The zero-order valence-electron chi connectivity index (χ0n) is 12.0. The molecular weight excluding hydrogens is 262 g/mol. The van der Waals surface area contributed by atoms with Gasteiger partial charge in [0.1, 0.15) is 0 Å². The second kappa shape index (κ2) is 7.04. The minimum atomic E-state index is -2.86. The molecule has 1 saturated heterocycles. The molecule has 1 heterocycles. The van der Waals surface area contributed by atoms with E-state index in [9.17, 15) is 8.42 Å². The molecule has 0 unspecified atom stereocenters. The van der Waals surface area contributed by atoms with Crippen LogP contribution in [0.4, 0.5) is 0 Å². The van der Waals surface area contributed by atoms with Crippen molar-refractivity contribution in [3.05, 3.63) is 0 Å². The molecule has 2 rings (SSSR count). The van der Waals surface area contributed by atoms with Crippen LogP contribution >= 0.6 is 0 Å². The molecule has 112 valence electrons. The van der Waals surface area contributed by atoms with Crippen molar-refractivity contribution in [3.8, 4) is 0 Å².